The highest BCUT2D eigenvalue weighted by molar-refractivity contribution is 4.75. The van der Waals surface area contributed by atoms with Crippen LogP contribution in [0.3, 0.4) is 0 Å². The van der Waals surface area contributed by atoms with E-state index >= 15 is 0 Å². The van der Waals surface area contributed by atoms with Crippen LogP contribution in [-0.2, 0) is 0 Å². The Morgan fingerprint density at radius 2 is 1.60 bits per heavy atom. The van der Waals surface area contributed by atoms with Crippen molar-refractivity contribution >= 4 is 0 Å². The summed E-state index contributed by atoms with van der Waals surface area (Å²) in [5.74, 6) is 1.05. The Morgan fingerprint density at radius 3 is 2.20 bits per heavy atom. The predicted molar refractivity (Wildman–Crippen MR) is 68.2 cm³/mol. The molecule has 1 aliphatic rings. The summed E-state index contributed by atoms with van der Waals surface area (Å²) in [6, 6.07) is 0.821. The Labute approximate surface area is 96.0 Å². The Morgan fingerprint density at radius 1 is 0.933 bits per heavy atom. The van der Waals surface area contributed by atoms with E-state index in [9.17, 15) is 0 Å². The molecule has 0 radical (unpaired) electrons. The van der Waals surface area contributed by atoms with E-state index in [0.717, 1.165) is 12.0 Å². The van der Waals surface area contributed by atoms with Gasteiger partial charge in [-0.05, 0) is 38.6 Å². The fourth-order valence-corrected chi connectivity index (χ4v) is 2.78. The highest BCUT2D eigenvalue weighted by atomic mass is 14.9. The Kier molecular flexibility index (Phi) is 7.08. The van der Waals surface area contributed by atoms with Gasteiger partial charge < -0.3 is 5.32 Å². The van der Waals surface area contributed by atoms with Crippen molar-refractivity contribution in [1.82, 2.24) is 5.32 Å². The molecule has 1 rings (SSSR count). The smallest absolute Gasteiger partial charge is 0.00642 e. The maximum Gasteiger partial charge on any atom is 0.00642 e. The zero-order chi connectivity index (χ0) is 10.9. The lowest BCUT2D eigenvalue weighted by molar-refractivity contribution is 0.282. The molecule has 0 saturated heterocycles. The molecule has 1 aliphatic carbocycles. The highest BCUT2D eigenvalue weighted by Crippen LogP contribution is 2.28. The summed E-state index contributed by atoms with van der Waals surface area (Å²) < 4.78 is 0. The van der Waals surface area contributed by atoms with E-state index in [-0.39, 0.29) is 0 Å². The maximum absolute atomic E-state index is 3.41. The lowest BCUT2D eigenvalue weighted by Crippen LogP contribution is -2.30. The van der Waals surface area contributed by atoms with Crippen molar-refractivity contribution in [2.45, 2.75) is 77.2 Å². The lowest BCUT2D eigenvalue weighted by Gasteiger charge is -2.28. The predicted octanol–water partition coefficient (Wildman–Crippen LogP) is 4.13. The fraction of sp³-hybridized carbons (Fsp3) is 1.00. The molecule has 1 saturated carbocycles. The molecular weight excluding hydrogens is 182 g/mol. The SMILES string of the molecule is CCCCCCCC1CCC(NC)CC1. The van der Waals surface area contributed by atoms with Crippen LogP contribution in [0.25, 0.3) is 0 Å². The third-order valence-electron chi connectivity index (χ3n) is 3.97. The summed E-state index contributed by atoms with van der Waals surface area (Å²) in [4.78, 5) is 0. The number of unbranched alkanes of at least 4 members (excludes halogenated alkanes) is 4. The van der Waals surface area contributed by atoms with Crippen LogP contribution < -0.4 is 5.32 Å². The summed E-state index contributed by atoms with van der Waals surface area (Å²) in [5, 5.41) is 3.41. The van der Waals surface area contributed by atoms with Crippen LogP contribution in [-0.4, -0.2) is 13.1 Å². The molecule has 0 unspecified atom stereocenters. The van der Waals surface area contributed by atoms with Gasteiger partial charge in [0.15, 0.2) is 0 Å². The minimum Gasteiger partial charge on any atom is -0.317 e. The summed E-state index contributed by atoms with van der Waals surface area (Å²) in [6.45, 7) is 2.29. The first-order chi connectivity index (χ1) is 7.36. The van der Waals surface area contributed by atoms with Crippen LogP contribution >= 0.6 is 0 Å². The zero-order valence-electron chi connectivity index (χ0n) is 10.7. The molecule has 90 valence electrons. The molecule has 0 aliphatic heterocycles. The third kappa shape index (κ3) is 5.55. The van der Waals surface area contributed by atoms with Crippen LogP contribution in [0.5, 0.6) is 0 Å². The van der Waals surface area contributed by atoms with E-state index in [0.29, 0.717) is 0 Å². The lowest BCUT2D eigenvalue weighted by atomic mass is 9.83. The molecule has 15 heavy (non-hydrogen) atoms. The molecule has 0 amide bonds. The number of hydrogen-bond donors (Lipinski definition) is 1. The average Bonchev–Trinajstić information content (AvgIpc) is 2.30. The Hall–Kier alpha value is -0.0400. The van der Waals surface area contributed by atoms with Gasteiger partial charge in [-0.3, -0.25) is 0 Å². The van der Waals surface area contributed by atoms with Crippen molar-refractivity contribution in [2.75, 3.05) is 7.05 Å². The molecule has 0 aromatic rings. The van der Waals surface area contributed by atoms with E-state index in [2.05, 4.69) is 19.3 Å². The van der Waals surface area contributed by atoms with Crippen molar-refractivity contribution in [3.05, 3.63) is 0 Å². The van der Waals surface area contributed by atoms with Gasteiger partial charge in [0.2, 0.25) is 0 Å². The van der Waals surface area contributed by atoms with E-state index in [1.54, 1.807) is 0 Å². The molecule has 0 spiro atoms. The topological polar surface area (TPSA) is 12.0 Å². The molecular formula is C14H29N. The molecule has 1 N–H and O–H groups in total. The second-order valence-corrected chi connectivity index (χ2v) is 5.21. The second-order valence-electron chi connectivity index (χ2n) is 5.21. The molecule has 1 heteroatoms. The van der Waals surface area contributed by atoms with Gasteiger partial charge in [-0.25, -0.2) is 0 Å². The summed E-state index contributed by atoms with van der Waals surface area (Å²) >= 11 is 0. The minimum absolute atomic E-state index is 0.821. The molecule has 1 fully saturated rings. The number of nitrogens with one attached hydrogen (secondary N) is 1. The van der Waals surface area contributed by atoms with Crippen molar-refractivity contribution in [3.8, 4) is 0 Å². The zero-order valence-corrected chi connectivity index (χ0v) is 10.7. The van der Waals surface area contributed by atoms with E-state index in [1.807, 2.05) is 0 Å². The van der Waals surface area contributed by atoms with Gasteiger partial charge in [-0.2, -0.15) is 0 Å². The number of hydrogen-bond acceptors (Lipinski definition) is 1. The average molecular weight is 211 g/mol. The largest absolute Gasteiger partial charge is 0.317 e. The van der Waals surface area contributed by atoms with Crippen molar-refractivity contribution in [2.24, 2.45) is 5.92 Å². The molecule has 0 atom stereocenters. The molecule has 1 nitrogen and oxygen atoms in total. The van der Waals surface area contributed by atoms with Gasteiger partial charge in [0.05, 0.1) is 0 Å². The highest BCUT2D eigenvalue weighted by Gasteiger charge is 2.18. The first-order valence-corrected chi connectivity index (χ1v) is 7.04. The van der Waals surface area contributed by atoms with Crippen LogP contribution in [0.4, 0.5) is 0 Å². The Balaban J connectivity index is 1.94. The van der Waals surface area contributed by atoms with Gasteiger partial charge in [0.25, 0.3) is 0 Å². The third-order valence-corrected chi connectivity index (χ3v) is 3.97. The second kappa shape index (κ2) is 8.15. The molecule has 0 bridgehead atoms. The first-order valence-electron chi connectivity index (χ1n) is 7.04. The Bertz CT molecular complexity index is 136. The van der Waals surface area contributed by atoms with Crippen molar-refractivity contribution in [1.29, 1.82) is 0 Å². The normalized spacial score (nSPS) is 26.8. The van der Waals surface area contributed by atoms with Crippen LogP contribution in [0.1, 0.15) is 71.1 Å². The summed E-state index contributed by atoms with van der Waals surface area (Å²) in [5.41, 5.74) is 0. The standard InChI is InChI=1S/C14H29N/c1-3-4-5-6-7-8-13-9-11-14(15-2)12-10-13/h13-15H,3-12H2,1-2H3. The molecule has 0 heterocycles. The van der Waals surface area contributed by atoms with Crippen molar-refractivity contribution in [3.63, 3.8) is 0 Å². The monoisotopic (exact) mass is 211 g/mol. The molecule has 0 aromatic carbocycles. The van der Waals surface area contributed by atoms with Gasteiger partial charge in [0.1, 0.15) is 0 Å². The quantitative estimate of drug-likeness (QED) is 0.624. The van der Waals surface area contributed by atoms with Gasteiger partial charge in [0, 0.05) is 6.04 Å². The van der Waals surface area contributed by atoms with Gasteiger partial charge in [-0.15, -0.1) is 0 Å². The van der Waals surface area contributed by atoms with E-state index in [4.69, 9.17) is 0 Å². The van der Waals surface area contributed by atoms with E-state index < -0.39 is 0 Å². The van der Waals surface area contributed by atoms with Gasteiger partial charge >= 0.3 is 0 Å². The fourth-order valence-electron chi connectivity index (χ4n) is 2.78. The summed E-state index contributed by atoms with van der Waals surface area (Å²) in [7, 11) is 2.11. The van der Waals surface area contributed by atoms with Crippen LogP contribution in [0, 0.1) is 5.92 Å². The first kappa shape index (κ1) is 13.0. The minimum atomic E-state index is 0.821. The van der Waals surface area contributed by atoms with E-state index in [1.165, 1.54) is 64.2 Å². The molecule has 0 aromatic heterocycles. The summed E-state index contributed by atoms with van der Waals surface area (Å²) in [6.07, 6.45) is 14.5. The van der Waals surface area contributed by atoms with Gasteiger partial charge in [-0.1, -0.05) is 45.4 Å². The van der Waals surface area contributed by atoms with Crippen molar-refractivity contribution < 1.29 is 0 Å². The maximum atomic E-state index is 3.41. The van der Waals surface area contributed by atoms with Crippen LogP contribution in [0.2, 0.25) is 0 Å². The number of rotatable bonds is 7. The van der Waals surface area contributed by atoms with Crippen LogP contribution in [0.15, 0.2) is 0 Å².